The van der Waals surface area contributed by atoms with Crippen molar-refractivity contribution >= 4 is 17.6 Å². The van der Waals surface area contributed by atoms with Gasteiger partial charge in [0.1, 0.15) is 0 Å². The Morgan fingerprint density at radius 1 is 1.43 bits per heavy atom. The van der Waals surface area contributed by atoms with Gasteiger partial charge in [-0.2, -0.15) is 0 Å². The highest BCUT2D eigenvalue weighted by Crippen LogP contribution is 2.21. The van der Waals surface area contributed by atoms with Crippen LogP contribution < -0.4 is 10.6 Å². The summed E-state index contributed by atoms with van der Waals surface area (Å²) in [6.07, 6.45) is -0.843. The molecule has 0 saturated carbocycles. The summed E-state index contributed by atoms with van der Waals surface area (Å²) in [7, 11) is 0. The molecule has 0 aliphatic carbocycles. The fourth-order valence-electron chi connectivity index (χ4n) is 1.59. The van der Waals surface area contributed by atoms with E-state index in [9.17, 15) is 9.90 Å². The van der Waals surface area contributed by atoms with Gasteiger partial charge < -0.3 is 20.5 Å². The van der Waals surface area contributed by atoms with Gasteiger partial charge in [-0.05, 0) is 13.0 Å². The van der Waals surface area contributed by atoms with Crippen LogP contribution in [-0.4, -0.2) is 37.4 Å². The first-order valence-corrected chi connectivity index (χ1v) is 7.05. The molecular weight excluding hydrogens is 292 g/mol. The molecule has 0 saturated heterocycles. The molecule has 0 spiro atoms. The lowest BCUT2D eigenvalue weighted by atomic mass is 10.1. The van der Waals surface area contributed by atoms with Gasteiger partial charge in [-0.15, -0.1) is 0 Å². The molecule has 1 atom stereocenters. The lowest BCUT2D eigenvalue weighted by Crippen LogP contribution is -2.39. The molecule has 1 rings (SSSR count). The minimum absolute atomic E-state index is 0.0855. The largest absolute Gasteiger partial charge is 0.387 e. The van der Waals surface area contributed by atoms with Gasteiger partial charge in [0, 0.05) is 23.7 Å². The molecule has 1 aromatic rings. The normalized spacial score (nSPS) is 11.8. The second-order valence-corrected chi connectivity index (χ2v) is 5.09. The van der Waals surface area contributed by atoms with Crippen LogP contribution in [-0.2, 0) is 4.74 Å². The molecule has 2 amide bonds. The van der Waals surface area contributed by atoms with E-state index in [0.717, 1.165) is 5.57 Å². The number of amides is 2. The Labute approximate surface area is 129 Å². The lowest BCUT2D eigenvalue weighted by molar-refractivity contribution is 0.155. The van der Waals surface area contributed by atoms with E-state index in [0.29, 0.717) is 30.3 Å². The molecule has 1 aromatic carbocycles. The quantitative estimate of drug-likeness (QED) is 0.509. The summed E-state index contributed by atoms with van der Waals surface area (Å²) in [5.41, 5.74) is 1.52. The van der Waals surface area contributed by atoms with E-state index < -0.39 is 6.10 Å². The molecule has 0 aliphatic heterocycles. The number of nitrogens with one attached hydrogen (secondary N) is 2. The number of carbonyl (C=O) groups excluding carboxylic acids is 1. The third-order valence-electron chi connectivity index (χ3n) is 2.60. The predicted molar refractivity (Wildman–Crippen MR) is 83.4 cm³/mol. The maximum absolute atomic E-state index is 11.5. The predicted octanol–water partition coefficient (Wildman–Crippen LogP) is 2.27. The van der Waals surface area contributed by atoms with Crippen molar-refractivity contribution in [2.24, 2.45) is 0 Å². The van der Waals surface area contributed by atoms with Gasteiger partial charge in [0.2, 0.25) is 0 Å². The molecule has 0 bridgehead atoms. The first-order valence-electron chi connectivity index (χ1n) is 6.67. The first kappa shape index (κ1) is 17.5. The molecule has 0 aromatic heterocycles. The maximum atomic E-state index is 11.5. The van der Waals surface area contributed by atoms with Crippen LogP contribution in [0.15, 0.2) is 36.4 Å². The average Bonchev–Trinajstić information content (AvgIpc) is 2.44. The Balaban J connectivity index is 2.21. The number of carbonyl (C=O) groups is 1. The van der Waals surface area contributed by atoms with Crippen LogP contribution in [0.3, 0.4) is 0 Å². The van der Waals surface area contributed by atoms with Crippen LogP contribution in [0.4, 0.5) is 4.79 Å². The van der Waals surface area contributed by atoms with E-state index in [-0.39, 0.29) is 12.6 Å². The number of hydrogen-bond acceptors (Lipinski definition) is 3. The second-order valence-electron chi connectivity index (χ2n) is 4.68. The minimum Gasteiger partial charge on any atom is -0.387 e. The van der Waals surface area contributed by atoms with Gasteiger partial charge in [0.05, 0.1) is 19.3 Å². The summed E-state index contributed by atoms with van der Waals surface area (Å²) in [6.45, 7) is 6.95. The highest BCUT2D eigenvalue weighted by molar-refractivity contribution is 6.31. The number of ether oxygens (including phenoxy) is 1. The van der Waals surface area contributed by atoms with Crippen molar-refractivity contribution in [1.29, 1.82) is 0 Å². The zero-order chi connectivity index (χ0) is 15.7. The Morgan fingerprint density at radius 2 is 2.14 bits per heavy atom. The standard InChI is InChI=1S/C15H21ClN2O3/c1-11(2)10-21-8-7-17-15(20)18-9-14(19)12-5-3-4-6-13(12)16/h3-6,14,19H,1,7-10H2,2H3,(H2,17,18,20). The van der Waals surface area contributed by atoms with Crippen LogP contribution in [0.1, 0.15) is 18.6 Å². The topological polar surface area (TPSA) is 70.6 Å². The molecule has 0 fully saturated rings. The van der Waals surface area contributed by atoms with Crippen LogP contribution >= 0.6 is 11.6 Å². The minimum atomic E-state index is -0.843. The molecule has 0 aliphatic rings. The zero-order valence-corrected chi connectivity index (χ0v) is 12.8. The van der Waals surface area contributed by atoms with E-state index in [4.69, 9.17) is 16.3 Å². The SMILES string of the molecule is C=C(C)COCCNC(=O)NCC(O)c1ccccc1Cl. The van der Waals surface area contributed by atoms with Crippen LogP contribution in [0, 0.1) is 0 Å². The maximum Gasteiger partial charge on any atom is 0.314 e. The van der Waals surface area contributed by atoms with Crippen molar-refractivity contribution in [3.05, 3.63) is 47.0 Å². The molecule has 5 nitrogen and oxygen atoms in total. The monoisotopic (exact) mass is 312 g/mol. The Hall–Kier alpha value is -1.56. The van der Waals surface area contributed by atoms with Crippen LogP contribution in [0.5, 0.6) is 0 Å². The van der Waals surface area contributed by atoms with E-state index in [1.54, 1.807) is 24.3 Å². The molecule has 1 unspecified atom stereocenters. The summed E-state index contributed by atoms with van der Waals surface area (Å²) < 4.78 is 5.25. The Morgan fingerprint density at radius 3 is 2.81 bits per heavy atom. The molecular formula is C15H21ClN2O3. The lowest BCUT2D eigenvalue weighted by Gasteiger charge is -2.14. The third-order valence-corrected chi connectivity index (χ3v) is 2.94. The first-order chi connectivity index (χ1) is 10.0. The molecule has 0 heterocycles. The van der Waals surface area contributed by atoms with Crippen molar-refractivity contribution in [2.75, 3.05) is 26.3 Å². The molecule has 21 heavy (non-hydrogen) atoms. The van der Waals surface area contributed by atoms with Gasteiger partial charge >= 0.3 is 6.03 Å². The van der Waals surface area contributed by atoms with Crippen molar-refractivity contribution in [1.82, 2.24) is 10.6 Å². The van der Waals surface area contributed by atoms with Gasteiger partial charge in [0.25, 0.3) is 0 Å². The summed E-state index contributed by atoms with van der Waals surface area (Å²) in [6, 6.07) is 6.62. The fourth-order valence-corrected chi connectivity index (χ4v) is 1.85. The summed E-state index contributed by atoms with van der Waals surface area (Å²) in [4.78, 5) is 11.5. The highest BCUT2D eigenvalue weighted by Gasteiger charge is 2.11. The fraction of sp³-hybridized carbons (Fsp3) is 0.400. The van der Waals surface area contributed by atoms with Crippen molar-refractivity contribution in [2.45, 2.75) is 13.0 Å². The second kappa shape index (κ2) is 9.39. The molecule has 6 heteroatoms. The summed E-state index contributed by atoms with van der Waals surface area (Å²) >= 11 is 5.97. The number of aliphatic hydroxyl groups is 1. The van der Waals surface area contributed by atoms with E-state index >= 15 is 0 Å². The number of benzene rings is 1. The number of rotatable bonds is 8. The average molecular weight is 313 g/mol. The van der Waals surface area contributed by atoms with E-state index in [2.05, 4.69) is 17.2 Å². The van der Waals surface area contributed by atoms with Gasteiger partial charge in [-0.3, -0.25) is 0 Å². The molecule has 116 valence electrons. The Bertz CT molecular complexity index is 480. The smallest absolute Gasteiger partial charge is 0.314 e. The Kier molecular flexibility index (Phi) is 7.82. The van der Waals surface area contributed by atoms with Crippen molar-refractivity contribution in [3.8, 4) is 0 Å². The van der Waals surface area contributed by atoms with E-state index in [1.165, 1.54) is 0 Å². The van der Waals surface area contributed by atoms with Gasteiger partial charge in [-0.25, -0.2) is 4.79 Å². The number of hydrogen-bond donors (Lipinski definition) is 3. The third kappa shape index (κ3) is 7.13. The number of halogens is 1. The number of aliphatic hydroxyl groups excluding tert-OH is 1. The van der Waals surface area contributed by atoms with Gasteiger partial charge in [-0.1, -0.05) is 42.0 Å². The summed E-state index contributed by atoms with van der Waals surface area (Å²) in [5, 5.41) is 15.6. The summed E-state index contributed by atoms with van der Waals surface area (Å²) in [5.74, 6) is 0. The van der Waals surface area contributed by atoms with Crippen LogP contribution in [0.2, 0.25) is 5.02 Å². The number of urea groups is 1. The van der Waals surface area contributed by atoms with E-state index in [1.807, 2.05) is 6.92 Å². The molecule has 0 radical (unpaired) electrons. The van der Waals surface area contributed by atoms with Crippen molar-refractivity contribution < 1.29 is 14.6 Å². The zero-order valence-electron chi connectivity index (χ0n) is 12.1. The van der Waals surface area contributed by atoms with Gasteiger partial charge in [0.15, 0.2) is 0 Å². The molecule has 3 N–H and O–H groups in total. The highest BCUT2D eigenvalue weighted by atomic mass is 35.5. The van der Waals surface area contributed by atoms with Crippen molar-refractivity contribution in [3.63, 3.8) is 0 Å². The van der Waals surface area contributed by atoms with Crippen LogP contribution in [0.25, 0.3) is 0 Å².